The molecular formula is C26H44F2. The largest absolute Gasteiger partial charge is 0.203 e. The molecule has 1 aromatic rings. The van der Waals surface area contributed by atoms with Crippen molar-refractivity contribution in [1.82, 2.24) is 0 Å². The maximum absolute atomic E-state index is 14.3. The molecule has 0 aliphatic heterocycles. The lowest BCUT2D eigenvalue weighted by atomic mass is 9.68. The van der Waals surface area contributed by atoms with E-state index in [4.69, 9.17) is 0 Å². The Balaban J connectivity index is 0.00000204. The normalized spacial score (nSPS) is 28.1. The molecule has 2 saturated carbocycles. The van der Waals surface area contributed by atoms with Crippen molar-refractivity contribution in [3.63, 3.8) is 0 Å². The second-order valence-corrected chi connectivity index (χ2v) is 8.64. The maximum Gasteiger partial charge on any atom is 0.162 e. The number of hydrogen-bond donors (Lipinski definition) is 0. The van der Waals surface area contributed by atoms with Crippen LogP contribution in [0.2, 0.25) is 0 Å². The van der Waals surface area contributed by atoms with E-state index in [1.54, 1.807) is 13.0 Å². The number of halogens is 2. The molecule has 0 bridgehead atoms. The predicted octanol–water partition coefficient (Wildman–Crippen LogP) is 9.23. The summed E-state index contributed by atoms with van der Waals surface area (Å²) in [4.78, 5) is 0. The molecule has 28 heavy (non-hydrogen) atoms. The second kappa shape index (κ2) is 11.7. The van der Waals surface area contributed by atoms with Gasteiger partial charge in [-0.2, -0.15) is 0 Å². The van der Waals surface area contributed by atoms with Crippen LogP contribution in [0.1, 0.15) is 105 Å². The van der Waals surface area contributed by atoms with Crippen LogP contribution in [-0.2, 0) is 0 Å². The van der Waals surface area contributed by atoms with Crippen LogP contribution in [0, 0.1) is 36.3 Å². The topological polar surface area (TPSA) is 0 Å². The first-order valence-corrected chi connectivity index (χ1v) is 11.7. The molecule has 2 fully saturated rings. The van der Waals surface area contributed by atoms with E-state index in [2.05, 4.69) is 19.1 Å². The van der Waals surface area contributed by atoms with Crippen molar-refractivity contribution in [2.24, 2.45) is 17.8 Å². The van der Waals surface area contributed by atoms with Crippen LogP contribution < -0.4 is 0 Å². The van der Waals surface area contributed by atoms with E-state index in [1.807, 2.05) is 19.9 Å². The number of hydrogen-bond acceptors (Lipinski definition) is 0. The lowest BCUT2D eigenvalue weighted by molar-refractivity contribution is 0.156. The molecule has 0 unspecified atom stereocenters. The van der Waals surface area contributed by atoms with Crippen molar-refractivity contribution < 1.29 is 11.6 Å². The van der Waals surface area contributed by atoms with Gasteiger partial charge in [0.1, 0.15) is 0 Å². The summed E-state index contributed by atoms with van der Waals surface area (Å²) in [5.41, 5.74) is 1.02. The Labute approximate surface area is 174 Å². The molecule has 2 heteroatoms. The van der Waals surface area contributed by atoms with Crippen LogP contribution in [0.5, 0.6) is 0 Å². The average Bonchev–Trinajstić information content (AvgIpc) is 2.75. The van der Waals surface area contributed by atoms with Crippen molar-refractivity contribution in [3.8, 4) is 0 Å². The molecule has 0 heterocycles. The quantitative estimate of drug-likeness (QED) is 0.436. The van der Waals surface area contributed by atoms with Crippen LogP contribution in [-0.4, -0.2) is 0 Å². The molecule has 162 valence electrons. The third kappa shape index (κ3) is 5.91. The zero-order valence-electron chi connectivity index (χ0n) is 18.4. The minimum Gasteiger partial charge on any atom is -0.203 e. The molecule has 0 atom stereocenters. The van der Waals surface area contributed by atoms with Gasteiger partial charge in [0, 0.05) is 2.85 Å². The SMILES string of the molecule is C/C=C/CCC1CCC(C2CCC(c3ccc(C)c(F)c3F)CC2)CC1.CC.[HH].[HH]. The molecule has 0 nitrogen and oxygen atoms in total. The van der Waals surface area contributed by atoms with Gasteiger partial charge in [-0.25, -0.2) is 8.78 Å². The first-order chi connectivity index (χ1) is 13.6. The van der Waals surface area contributed by atoms with E-state index in [-0.39, 0.29) is 8.77 Å². The van der Waals surface area contributed by atoms with Crippen LogP contribution in [0.15, 0.2) is 24.3 Å². The van der Waals surface area contributed by atoms with Crippen molar-refractivity contribution >= 4 is 0 Å². The van der Waals surface area contributed by atoms with Gasteiger partial charge in [0.25, 0.3) is 0 Å². The van der Waals surface area contributed by atoms with Crippen molar-refractivity contribution in [1.29, 1.82) is 0 Å². The molecule has 3 rings (SSSR count). The number of benzene rings is 1. The van der Waals surface area contributed by atoms with E-state index < -0.39 is 11.6 Å². The Morgan fingerprint density at radius 3 is 2.04 bits per heavy atom. The van der Waals surface area contributed by atoms with Crippen molar-refractivity contribution in [3.05, 3.63) is 47.0 Å². The highest BCUT2D eigenvalue weighted by atomic mass is 19.2. The fourth-order valence-electron chi connectivity index (χ4n) is 5.32. The lowest BCUT2D eigenvalue weighted by Gasteiger charge is -2.38. The summed E-state index contributed by atoms with van der Waals surface area (Å²) in [6.07, 6.45) is 17.0. The zero-order chi connectivity index (χ0) is 20.5. The molecule has 1 aromatic carbocycles. The van der Waals surface area contributed by atoms with Crippen molar-refractivity contribution in [2.75, 3.05) is 0 Å². The molecule has 0 saturated heterocycles. The molecule has 2 aliphatic carbocycles. The van der Waals surface area contributed by atoms with Gasteiger partial charge in [-0.15, -0.1) is 0 Å². The molecule has 0 amide bonds. The third-order valence-corrected chi connectivity index (χ3v) is 7.05. The number of allylic oxidation sites excluding steroid dienone is 2. The lowest BCUT2D eigenvalue weighted by Crippen LogP contribution is -2.25. The smallest absolute Gasteiger partial charge is 0.162 e. The summed E-state index contributed by atoms with van der Waals surface area (Å²) in [5, 5.41) is 0. The first-order valence-electron chi connectivity index (χ1n) is 11.7. The fraction of sp³-hybridized carbons (Fsp3) is 0.692. The highest BCUT2D eigenvalue weighted by molar-refractivity contribution is 5.28. The van der Waals surface area contributed by atoms with Gasteiger partial charge in [0.15, 0.2) is 11.6 Å². The van der Waals surface area contributed by atoms with Crippen LogP contribution in [0.4, 0.5) is 8.78 Å². The van der Waals surface area contributed by atoms with E-state index >= 15 is 0 Å². The molecule has 0 aromatic heterocycles. The Hall–Kier alpha value is -1.18. The molecule has 0 radical (unpaired) electrons. The summed E-state index contributed by atoms with van der Waals surface area (Å²) in [5.74, 6) is 1.55. The average molecular weight is 395 g/mol. The minimum atomic E-state index is -0.652. The zero-order valence-corrected chi connectivity index (χ0v) is 18.4. The van der Waals surface area contributed by atoms with Gasteiger partial charge in [0.2, 0.25) is 0 Å². The second-order valence-electron chi connectivity index (χ2n) is 8.64. The summed E-state index contributed by atoms with van der Waals surface area (Å²) >= 11 is 0. The Morgan fingerprint density at radius 2 is 1.46 bits per heavy atom. The highest BCUT2D eigenvalue weighted by Crippen LogP contribution is 2.45. The highest BCUT2D eigenvalue weighted by Gasteiger charge is 2.32. The fourth-order valence-corrected chi connectivity index (χ4v) is 5.32. The molecule has 2 aliphatic rings. The Bertz CT molecular complexity index is 614. The van der Waals surface area contributed by atoms with Crippen molar-refractivity contribution in [2.45, 2.75) is 97.8 Å². The van der Waals surface area contributed by atoms with Crippen LogP contribution >= 0.6 is 0 Å². The molecule has 0 N–H and O–H groups in total. The third-order valence-electron chi connectivity index (χ3n) is 7.05. The summed E-state index contributed by atoms with van der Waals surface area (Å²) in [7, 11) is 0. The summed E-state index contributed by atoms with van der Waals surface area (Å²) in [6.45, 7) is 7.73. The summed E-state index contributed by atoms with van der Waals surface area (Å²) in [6, 6.07) is 3.55. The van der Waals surface area contributed by atoms with Gasteiger partial charge >= 0.3 is 0 Å². The molecular weight excluding hydrogens is 350 g/mol. The van der Waals surface area contributed by atoms with Crippen LogP contribution in [0.3, 0.4) is 0 Å². The summed E-state index contributed by atoms with van der Waals surface area (Å²) < 4.78 is 28.2. The maximum atomic E-state index is 14.3. The van der Waals surface area contributed by atoms with Gasteiger partial charge in [-0.3, -0.25) is 0 Å². The number of aryl methyl sites for hydroxylation is 1. The van der Waals surface area contributed by atoms with Crippen LogP contribution in [0.25, 0.3) is 0 Å². The van der Waals surface area contributed by atoms with Gasteiger partial charge in [-0.05, 0) is 100 Å². The predicted molar refractivity (Wildman–Crippen MR) is 121 cm³/mol. The molecule has 0 spiro atoms. The van der Waals surface area contributed by atoms with Gasteiger partial charge < -0.3 is 0 Å². The number of rotatable bonds is 5. The Morgan fingerprint density at radius 1 is 0.893 bits per heavy atom. The monoisotopic (exact) mass is 394 g/mol. The van der Waals surface area contributed by atoms with E-state index in [9.17, 15) is 8.78 Å². The van der Waals surface area contributed by atoms with E-state index in [0.717, 1.165) is 30.6 Å². The van der Waals surface area contributed by atoms with E-state index in [0.29, 0.717) is 11.1 Å². The Kier molecular flexibility index (Phi) is 9.68. The minimum absolute atomic E-state index is 0. The first kappa shape index (κ1) is 23.1. The standard InChI is InChI=1S/C24H34F2.C2H6.2H2/c1-3-4-5-6-18-8-10-19(11-9-18)20-12-14-21(15-13-20)22-16-7-17(2)23(25)24(22)26;1-2;;/h3-4,7,16,18-21H,5-6,8-15H2,1-2H3;1-2H3;2*1H/b4-3+;;;. The van der Waals surface area contributed by atoms with E-state index in [1.165, 1.54) is 51.4 Å². The van der Waals surface area contributed by atoms with Gasteiger partial charge in [0.05, 0.1) is 0 Å². The van der Waals surface area contributed by atoms with Gasteiger partial charge in [-0.1, -0.05) is 51.0 Å².